The number of hydrogen-bond acceptors (Lipinski definition) is 0. The molecule has 0 unspecified atom stereocenters. The van der Waals surface area contributed by atoms with E-state index in [1.165, 1.54) is 0 Å². The van der Waals surface area contributed by atoms with Crippen molar-refractivity contribution in [3.8, 4) is 0 Å². The first-order valence-corrected chi connectivity index (χ1v) is 0. The van der Waals surface area contributed by atoms with E-state index >= 15 is 0 Å². The van der Waals surface area contributed by atoms with Gasteiger partial charge >= 0.3 is 18.9 Å². The molecule has 0 aromatic heterocycles. The Labute approximate surface area is 65.0 Å². The Morgan fingerprint density at radius 3 is 1.00 bits per heavy atom. The Hall–Kier alpha value is 1.90. The molecule has 0 saturated heterocycles. The topological polar surface area (TPSA) is 31.5 Å². The van der Waals surface area contributed by atoms with Crippen LogP contribution in [-0.2, 0) is 41.2 Å². The van der Waals surface area contributed by atoms with Gasteiger partial charge in [-0.1, -0.05) is 0 Å². The predicted octanol–water partition coefficient (Wildman–Crippen LogP) is -1.48. The molecule has 0 fully saturated rings. The molecule has 4 heteroatoms. The van der Waals surface area contributed by atoms with Crippen molar-refractivity contribution < 1.29 is 46.7 Å². The van der Waals surface area contributed by atoms with Crippen LogP contribution in [0.25, 0.3) is 0 Å². The standard InChI is InChI=1S/Li.H2O.Ti.Zn.H/h;1H2;;;. The van der Waals surface area contributed by atoms with E-state index < -0.39 is 0 Å². The molecule has 0 saturated carbocycles. The minimum Gasteiger partial charge on any atom is 0 e. The Balaban J connectivity index is 0. The van der Waals surface area contributed by atoms with E-state index in [9.17, 15) is 0 Å². The van der Waals surface area contributed by atoms with Gasteiger partial charge in [-0.2, -0.15) is 0 Å². The van der Waals surface area contributed by atoms with Gasteiger partial charge in [0, 0.05) is 41.2 Å². The summed E-state index contributed by atoms with van der Waals surface area (Å²) in [6.45, 7) is 0. The van der Waals surface area contributed by atoms with Crippen LogP contribution in [0, 0.1) is 0 Å². The summed E-state index contributed by atoms with van der Waals surface area (Å²) in [5, 5.41) is 0. The molecule has 0 radical (unpaired) electrons. The molecule has 4 heavy (non-hydrogen) atoms. The van der Waals surface area contributed by atoms with Crippen LogP contribution in [0.2, 0.25) is 0 Å². The van der Waals surface area contributed by atoms with Gasteiger partial charge in [0.2, 0.25) is 0 Å². The second-order valence-corrected chi connectivity index (χ2v) is 0. The monoisotopic (exact) mass is 138 g/mol. The Morgan fingerprint density at radius 1 is 1.00 bits per heavy atom. The fraction of sp³-hybridized carbons (Fsp3) is 0. The third-order valence-electron chi connectivity index (χ3n) is 0. The van der Waals surface area contributed by atoms with Crippen LogP contribution in [0.3, 0.4) is 0 Å². The first-order chi connectivity index (χ1) is 0. The molecule has 0 aliphatic carbocycles. The molecule has 1 nitrogen and oxygen atoms in total. The Kier molecular flexibility index (Phi) is 203. The van der Waals surface area contributed by atoms with Crippen LogP contribution < -0.4 is 0 Å². The normalized spacial score (nSPS) is 0. The van der Waals surface area contributed by atoms with E-state index in [4.69, 9.17) is 0 Å². The summed E-state index contributed by atoms with van der Waals surface area (Å²) in [6, 6.07) is 0. The van der Waals surface area contributed by atoms with Crippen LogP contribution in [0.15, 0.2) is 0 Å². The van der Waals surface area contributed by atoms with Crippen LogP contribution in [0.5, 0.6) is 0 Å². The van der Waals surface area contributed by atoms with Gasteiger partial charge in [0.1, 0.15) is 0 Å². The molecule has 0 heterocycles. The summed E-state index contributed by atoms with van der Waals surface area (Å²) in [5.74, 6) is 0. The van der Waals surface area contributed by atoms with Gasteiger partial charge in [0.05, 0.1) is 0 Å². The average molecular weight is 139 g/mol. The summed E-state index contributed by atoms with van der Waals surface area (Å²) in [7, 11) is 0. The fourth-order valence-corrected chi connectivity index (χ4v) is 0. The molecule has 0 bridgehead atoms. The molecule has 0 aliphatic rings. The molecule has 0 amide bonds. The first-order valence-electron chi connectivity index (χ1n) is 0. The maximum absolute atomic E-state index is 0. The zero-order valence-corrected chi connectivity index (χ0v) is 6.24. The molecule has 0 rings (SSSR count). The minimum atomic E-state index is 0. The van der Waals surface area contributed by atoms with Gasteiger partial charge in [0.25, 0.3) is 0 Å². The summed E-state index contributed by atoms with van der Waals surface area (Å²) in [6.07, 6.45) is 0. The van der Waals surface area contributed by atoms with Gasteiger partial charge in [-0.15, -0.1) is 0 Å². The summed E-state index contributed by atoms with van der Waals surface area (Å²) < 4.78 is 0. The van der Waals surface area contributed by atoms with Crippen molar-refractivity contribution in [3.05, 3.63) is 0 Å². The van der Waals surface area contributed by atoms with Gasteiger partial charge in [-0.25, -0.2) is 0 Å². The van der Waals surface area contributed by atoms with Crippen molar-refractivity contribution in [2.75, 3.05) is 0 Å². The third kappa shape index (κ3) is 9.09. The van der Waals surface area contributed by atoms with E-state index in [1.807, 2.05) is 0 Å². The van der Waals surface area contributed by atoms with Crippen LogP contribution in [0.4, 0.5) is 0 Å². The van der Waals surface area contributed by atoms with E-state index in [0.29, 0.717) is 0 Å². The number of rotatable bonds is 0. The molecule has 0 aromatic carbocycles. The van der Waals surface area contributed by atoms with Crippen molar-refractivity contribution in [1.82, 2.24) is 0 Å². The van der Waals surface area contributed by atoms with Gasteiger partial charge in [-0.05, 0) is 0 Å². The molecule has 2 N–H and O–H groups in total. The molecule has 0 atom stereocenters. The van der Waals surface area contributed by atoms with Gasteiger partial charge < -0.3 is 5.48 Å². The average Bonchev–Trinajstić information content (AvgIpc) is 0. The first kappa shape index (κ1) is 39.3. The van der Waals surface area contributed by atoms with Crippen molar-refractivity contribution in [1.29, 1.82) is 0 Å². The quantitative estimate of drug-likeness (QED) is 0.367. The summed E-state index contributed by atoms with van der Waals surface area (Å²) in [4.78, 5) is 0. The molecule has 0 aliphatic heterocycles. The largest absolute Gasteiger partial charge is 0 e. The second kappa shape index (κ2) is 20.7. The van der Waals surface area contributed by atoms with E-state index in [-0.39, 0.29) is 65.5 Å². The SMILES string of the molecule is O.[LiH].[Ti].[Zn]. The van der Waals surface area contributed by atoms with Crippen LogP contribution in [0.1, 0.15) is 0 Å². The van der Waals surface area contributed by atoms with Crippen molar-refractivity contribution in [3.63, 3.8) is 0 Å². The molecule has 0 aromatic rings. The van der Waals surface area contributed by atoms with Gasteiger partial charge in [0.15, 0.2) is 0 Å². The smallest absolute Gasteiger partial charge is 0 e. The second-order valence-electron chi connectivity index (χ2n) is 0. The summed E-state index contributed by atoms with van der Waals surface area (Å²) >= 11 is 0. The predicted molar refractivity (Wildman–Crippen MR) is 10.8 cm³/mol. The third-order valence-corrected chi connectivity index (χ3v) is 0. The van der Waals surface area contributed by atoms with E-state index in [0.717, 1.165) is 0 Å². The maximum Gasteiger partial charge on any atom is 0 e. The Bertz CT molecular complexity index is 8.00. The van der Waals surface area contributed by atoms with E-state index in [2.05, 4.69) is 0 Å². The number of hydrogen-bond donors (Lipinski definition) is 0. The fourth-order valence-electron chi connectivity index (χ4n) is 0. The van der Waals surface area contributed by atoms with Crippen molar-refractivity contribution >= 4 is 18.9 Å². The van der Waals surface area contributed by atoms with Gasteiger partial charge in [-0.3, -0.25) is 0 Å². The maximum atomic E-state index is 0. The molecule has 16 valence electrons. The van der Waals surface area contributed by atoms with E-state index in [1.54, 1.807) is 0 Å². The zero-order chi connectivity index (χ0) is 0. The minimum absolute atomic E-state index is 0. The summed E-state index contributed by atoms with van der Waals surface area (Å²) in [5.41, 5.74) is 0. The zero-order valence-electron chi connectivity index (χ0n) is 1.71. The molecular weight excluding hydrogens is 136 g/mol. The Morgan fingerprint density at radius 2 is 1.00 bits per heavy atom. The van der Waals surface area contributed by atoms with Crippen molar-refractivity contribution in [2.24, 2.45) is 0 Å². The molecule has 0 spiro atoms. The molecular formula is H3LiOTiZn. The van der Waals surface area contributed by atoms with Crippen LogP contribution in [-0.4, -0.2) is 24.3 Å². The van der Waals surface area contributed by atoms with Crippen molar-refractivity contribution in [2.45, 2.75) is 0 Å². The van der Waals surface area contributed by atoms with Crippen LogP contribution >= 0.6 is 0 Å².